The molecule has 2 heterocycles. The van der Waals surface area contributed by atoms with Gasteiger partial charge < -0.3 is 14.9 Å². The minimum Gasteiger partial charge on any atom is -0.481 e. The Balaban J connectivity index is 1.60. The van der Waals surface area contributed by atoms with E-state index in [1.165, 1.54) is 11.1 Å². The summed E-state index contributed by atoms with van der Waals surface area (Å²) in [6, 6.07) is 7.73. The molecule has 0 radical (unpaired) electrons. The summed E-state index contributed by atoms with van der Waals surface area (Å²) in [5.41, 5.74) is 2.34. The molecule has 1 aromatic heterocycles. The third kappa shape index (κ3) is 4.21. The molecule has 2 amide bonds. The number of aliphatic carboxylic acids is 1. The molecule has 8 heteroatoms. The predicted molar refractivity (Wildman–Crippen MR) is 102 cm³/mol. The standard InChI is InChI=1S/C20H24N4O4/c1-14-5-3-4-6-17(14)24-12-16(11-21-24)19(26)22(2)13-18(25)23-9-7-15(8-10-23)20(27)28/h3-6,11-12,15H,7-10,13H2,1-2H3,(H,27,28). The van der Waals surface area contributed by atoms with Crippen LogP contribution in [0.15, 0.2) is 36.7 Å². The molecule has 0 bridgehead atoms. The van der Waals surface area contributed by atoms with Gasteiger partial charge in [0, 0.05) is 26.3 Å². The first-order chi connectivity index (χ1) is 13.4. The third-order valence-corrected chi connectivity index (χ3v) is 5.11. The molecule has 0 spiro atoms. The van der Waals surface area contributed by atoms with Gasteiger partial charge in [-0.2, -0.15) is 5.10 Å². The van der Waals surface area contributed by atoms with Crippen LogP contribution in [-0.2, 0) is 9.59 Å². The molecule has 3 rings (SSSR count). The highest BCUT2D eigenvalue weighted by molar-refractivity contribution is 5.96. The predicted octanol–water partition coefficient (Wildman–Crippen LogP) is 1.58. The van der Waals surface area contributed by atoms with Crippen LogP contribution in [-0.4, -0.2) is 69.2 Å². The van der Waals surface area contributed by atoms with Crippen LogP contribution in [0.1, 0.15) is 28.8 Å². The summed E-state index contributed by atoms with van der Waals surface area (Å²) in [6.45, 7) is 2.73. The fourth-order valence-corrected chi connectivity index (χ4v) is 3.36. The maximum absolute atomic E-state index is 12.7. The molecule has 1 aliphatic rings. The van der Waals surface area contributed by atoms with E-state index in [1.54, 1.807) is 22.8 Å². The van der Waals surface area contributed by atoms with Gasteiger partial charge in [0.15, 0.2) is 0 Å². The molecule has 0 atom stereocenters. The maximum atomic E-state index is 12.7. The zero-order chi connectivity index (χ0) is 20.3. The highest BCUT2D eigenvalue weighted by Gasteiger charge is 2.28. The van der Waals surface area contributed by atoms with Crippen molar-refractivity contribution in [2.45, 2.75) is 19.8 Å². The Hall–Kier alpha value is -3.16. The van der Waals surface area contributed by atoms with Crippen LogP contribution in [0.2, 0.25) is 0 Å². The van der Waals surface area contributed by atoms with Crippen LogP contribution in [0.3, 0.4) is 0 Å². The number of amides is 2. The van der Waals surface area contributed by atoms with Crippen LogP contribution in [0, 0.1) is 12.8 Å². The molecule has 28 heavy (non-hydrogen) atoms. The Morgan fingerprint density at radius 1 is 1.21 bits per heavy atom. The number of hydrogen-bond donors (Lipinski definition) is 1. The lowest BCUT2D eigenvalue weighted by Crippen LogP contribution is -2.45. The van der Waals surface area contributed by atoms with Crippen molar-refractivity contribution < 1.29 is 19.5 Å². The minimum absolute atomic E-state index is 0.0495. The lowest BCUT2D eigenvalue weighted by atomic mass is 9.97. The Bertz CT molecular complexity index is 884. The number of piperidine rings is 1. The highest BCUT2D eigenvalue weighted by Crippen LogP contribution is 2.18. The first kappa shape index (κ1) is 19.6. The molecular weight excluding hydrogens is 360 g/mol. The normalized spacial score (nSPS) is 14.7. The number of likely N-dealkylation sites (tertiary alicyclic amines) is 1. The fourth-order valence-electron chi connectivity index (χ4n) is 3.36. The second kappa shape index (κ2) is 8.24. The zero-order valence-electron chi connectivity index (χ0n) is 16.0. The third-order valence-electron chi connectivity index (χ3n) is 5.11. The molecule has 1 fully saturated rings. The zero-order valence-corrected chi connectivity index (χ0v) is 16.0. The molecule has 1 aromatic carbocycles. The van der Waals surface area contributed by atoms with Crippen molar-refractivity contribution in [1.82, 2.24) is 19.6 Å². The number of likely N-dealkylation sites (N-methyl/N-ethyl adjacent to an activating group) is 1. The topological polar surface area (TPSA) is 95.7 Å². The summed E-state index contributed by atoms with van der Waals surface area (Å²) in [5, 5.41) is 13.3. The first-order valence-corrected chi connectivity index (χ1v) is 9.23. The first-order valence-electron chi connectivity index (χ1n) is 9.23. The lowest BCUT2D eigenvalue weighted by molar-refractivity contribution is -0.145. The molecular formula is C20H24N4O4. The van der Waals surface area contributed by atoms with E-state index >= 15 is 0 Å². The second-order valence-corrected chi connectivity index (χ2v) is 7.11. The minimum atomic E-state index is -0.815. The average Bonchev–Trinajstić information content (AvgIpc) is 3.17. The Morgan fingerprint density at radius 3 is 2.54 bits per heavy atom. The van der Waals surface area contributed by atoms with Gasteiger partial charge in [-0.1, -0.05) is 18.2 Å². The number of aromatic nitrogens is 2. The molecule has 1 saturated heterocycles. The average molecular weight is 384 g/mol. The van der Waals surface area contributed by atoms with Crippen molar-refractivity contribution >= 4 is 17.8 Å². The summed E-state index contributed by atoms with van der Waals surface area (Å²) in [7, 11) is 1.58. The van der Waals surface area contributed by atoms with Gasteiger partial charge in [-0.3, -0.25) is 14.4 Å². The van der Waals surface area contributed by atoms with Gasteiger partial charge in [-0.25, -0.2) is 4.68 Å². The number of para-hydroxylation sites is 1. The summed E-state index contributed by atoms with van der Waals surface area (Å²) < 4.78 is 1.65. The number of carboxylic acids is 1. The van der Waals surface area contributed by atoms with Crippen LogP contribution in [0.25, 0.3) is 5.69 Å². The number of carbonyl (C=O) groups excluding carboxylic acids is 2. The SMILES string of the molecule is Cc1ccccc1-n1cc(C(=O)N(C)CC(=O)N2CCC(C(=O)O)CC2)cn1. The fraction of sp³-hybridized carbons (Fsp3) is 0.400. The van der Waals surface area contributed by atoms with Crippen molar-refractivity contribution in [2.75, 3.05) is 26.7 Å². The molecule has 8 nitrogen and oxygen atoms in total. The number of nitrogens with zero attached hydrogens (tertiary/aromatic N) is 4. The number of aryl methyl sites for hydroxylation is 1. The van der Waals surface area contributed by atoms with Gasteiger partial charge in [0.05, 0.1) is 29.9 Å². The molecule has 2 aromatic rings. The van der Waals surface area contributed by atoms with E-state index in [4.69, 9.17) is 5.11 Å². The van der Waals surface area contributed by atoms with Gasteiger partial charge in [-0.05, 0) is 31.4 Å². The summed E-state index contributed by atoms with van der Waals surface area (Å²) >= 11 is 0. The molecule has 0 saturated carbocycles. The molecule has 1 aliphatic heterocycles. The lowest BCUT2D eigenvalue weighted by Gasteiger charge is -2.31. The largest absolute Gasteiger partial charge is 0.481 e. The van der Waals surface area contributed by atoms with Gasteiger partial charge in [0.1, 0.15) is 0 Å². The highest BCUT2D eigenvalue weighted by atomic mass is 16.4. The maximum Gasteiger partial charge on any atom is 0.306 e. The number of rotatable bonds is 5. The van der Waals surface area contributed by atoms with Crippen molar-refractivity contribution in [3.8, 4) is 5.69 Å². The van der Waals surface area contributed by atoms with Gasteiger partial charge in [0.2, 0.25) is 5.91 Å². The molecule has 0 aliphatic carbocycles. The van der Waals surface area contributed by atoms with E-state index in [-0.39, 0.29) is 18.4 Å². The second-order valence-electron chi connectivity index (χ2n) is 7.11. The van der Waals surface area contributed by atoms with E-state index in [1.807, 2.05) is 31.2 Å². The smallest absolute Gasteiger partial charge is 0.306 e. The summed E-state index contributed by atoms with van der Waals surface area (Å²) in [4.78, 5) is 39.1. The van der Waals surface area contributed by atoms with Crippen molar-refractivity contribution in [3.63, 3.8) is 0 Å². The Kier molecular flexibility index (Phi) is 5.77. The van der Waals surface area contributed by atoms with E-state index in [2.05, 4.69) is 5.10 Å². The van der Waals surface area contributed by atoms with E-state index < -0.39 is 11.9 Å². The number of benzene rings is 1. The van der Waals surface area contributed by atoms with Crippen LogP contribution in [0.4, 0.5) is 0 Å². The van der Waals surface area contributed by atoms with Crippen LogP contribution in [0.5, 0.6) is 0 Å². The quantitative estimate of drug-likeness (QED) is 0.844. The summed E-state index contributed by atoms with van der Waals surface area (Å²) in [6.07, 6.45) is 4.04. The van der Waals surface area contributed by atoms with E-state index in [0.29, 0.717) is 31.5 Å². The number of carboxylic acid groups (broad SMARTS) is 1. The van der Waals surface area contributed by atoms with Gasteiger partial charge in [0.25, 0.3) is 5.91 Å². The Labute approximate surface area is 163 Å². The molecule has 148 valence electrons. The molecule has 0 unspecified atom stereocenters. The van der Waals surface area contributed by atoms with E-state index in [9.17, 15) is 14.4 Å². The summed E-state index contributed by atoms with van der Waals surface area (Å²) in [5.74, 6) is -1.67. The van der Waals surface area contributed by atoms with Crippen molar-refractivity contribution in [2.24, 2.45) is 5.92 Å². The van der Waals surface area contributed by atoms with Gasteiger partial charge in [-0.15, -0.1) is 0 Å². The Morgan fingerprint density at radius 2 is 1.89 bits per heavy atom. The van der Waals surface area contributed by atoms with Gasteiger partial charge >= 0.3 is 5.97 Å². The monoisotopic (exact) mass is 384 g/mol. The van der Waals surface area contributed by atoms with Crippen molar-refractivity contribution in [1.29, 1.82) is 0 Å². The van der Waals surface area contributed by atoms with Crippen molar-refractivity contribution in [3.05, 3.63) is 47.8 Å². The van der Waals surface area contributed by atoms with Crippen LogP contribution < -0.4 is 0 Å². The van der Waals surface area contributed by atoms with E-state index in [0.717, 1.165) is 11.3 Å². The number of hydrogen-bond acceptors (Lipinski definition) is 4. The number of carbonyl (C=O) groups is 3. The molecule has 1 N–H and O–H groups in total. The van der Waals surface area contributed by atoms with Crippen LogP contribution >= 0.6 is 0 Å².